The number of aryl methyl sites for hydroxylation is 1. The summed E-state index contributed by atoms with van der Waals surface area (Å²) in [6.07, 6.45) is 1.48. The lowest BCUT2D eigenvalue weighted by Gasteiger charge is -2.32. The number of benzene rings is 2. The average molecular weight is 490 g/mol. The maximum atomic E-state index is 13.6. The summed E-state index contributed by atoms with van der Waals surface area (Å²) >= 11 is 0. The number of nitrogens with one attached hydrogen (secondary N) is 1. The number of rotatable bonds is 5. The van der Waals surface area contributed by atoms with Crippen molar-refractivity contribution in [1.29, 1.82) is 0 Å². The van der Waals surface area contributed by atoms with Gasteiger partial charge in [-0.05, 0) is 36.6 Å². The molecule has 4 heterocycles. The van der Waals surface area contributed by atoms with Crippen LogP contribution in [0.15, 0.2) is 48.5 Å². The van der Waals surface area contributed by atoms with Gasteiger partial charge >= 0.3 is 0 Å². The first kappa shape index (κ1) is 22.8. The van der Waals surface area contributed by atoms with Gasteiger partial charge in [0.1, 0.15) is 17.6 Å². The topological polar surface area (TPSA) is 90.1 Å². The predicted octanol–water partition coefficient (Wildman–Crippen LogP) is 2.97. The molecule has 2 aliphatic heterocycles. The molecule has 9 nitrogen and oxygen atoms in total. The first-order chi connectivity index (χ1) is 17.5. The van der Waals surface area contributed by atoms with Gasteiger partial charge in [0.25, 0.3) is 5.91 Å². The van der Waals surface area contributed by atoms with Gasteiger partial charge in [-0.3, -0.25) is 14.4 Å². The number of likely N-dealkylation sites (tertiary alicyclic amines) is 1. The van der Waals surface area contributed by atoms with E-state index in [0.717, 1.165) is 53.8 Å². The fourth-order valence-corrected chi connectivity index (χ4v) is 5.18. The molecule has 4 aromatic rings. The van der Waals surface area contributed by atoms with E-state index in [-0.39, 0.29) is 23.9 Å². The largest absolute Gasteiger partial charge is 0.365 e. The second-order valence-corrected chi connectivity index (χ2v) is 9.53. The van der Waals surface area contributed by atoms with Crippen LogP contribution >= 0.6 is 0 Å². The highest BCUT2D eigenvalue weighted by Gasteiger charge is 2.28. The van der Waals surface area contributed by atoms with Crippen LogP contribution in [0.2, 0.25) is 0 Å². The first-order valence-electron chi connectivity index (χ1n) is 12.3. The number of piperidine rings is 1. The van der Waals surface area contributed by atoms with Gasteiger partial charge in [-0.1, -0.05) is 35.5 Å². The number of aromatic nitrogens is 5. The Hall–Kier alpha value is -3.63. The van der Waals surface area contributed by atoms with Crippen LogP contribution in [0.1, 0.15) is 46.4 Å². The van der Waals surface area contributed by atoms with E-state index in [2.05, 4.69) is 25.6 Å². The molecule has 2 aromatic carbocycles. The Bertz CT molecular complexity index is 1410. The van der Waals surface area contributed by atoms with Crippen molar-refractivity contribution in [1.82, 2.24) is 35.0 Å². The van der Waals surface area contributed by atoms with Crippen molar-refractivity contribution < 1.29 is 13.9 Å². The molecule has 1 unspecified atom stereocenters. The van der Waals surface area contributed by atoms with Gasteiger partial charge in [-0.25, -0.2) is 9.07 Å². The number of hydrogen-bond donors (Lipinski definition) is 1. The van der Waals surface area contributed by atoms with E-state index in [1.54, 1.807) is 10.7 Å². The highest BCUT2D eigenvalue weighted by Crippen LogP contribution is 2.28. The van der Waals surface area contributed by atoms with Crippen LogP contribution in [0.5, 0.6) is 0 Å². The number of halogens is 1. The number of fused-ring (bicyclic) bond motifs is 2. The Balaban J connectivity index is 1.04. The molecule has 0 saturated carbocycles. The summed E-state index contributed by atoms with van der Waals surface area (Å²) in [5, 5.41) is 17.2. The molecule has 0 aliphatic carbocycles. The third-order valence-electron chi connectivity index (χ3n) is 7.17. The number of nitrogens with zero attached hydrogens (tertiary/aromatic N) is 6. The fourth-order valence-electron chi connectivity index (χ4n) is 5.18. The van der Waals surface area contributed by atoms with Crippen molar-refractivity contribution >= 4 is 16.8 Å². The highest BCUT2D eigenvalue weighted by atomic mass is 19.1. The first-order valence-corrected chi connectivity index (χ1v) is 12.3. The number of carbonyl (C=O) groups excluding carboxylic acids is 1. The molecule has 0 radical (unpaired) electrons. The lowest BCUT2D eigenvalue weighted by atomic mass is 10.0. The zero-order chi connectivity index (χ0) is 24.6. The molecular weight excluding hydrogens is 461 g/mol. The number of ether oxygens (including phenoxy) is 1. The molecule has 186 valence electrons. The molecule has 1 saturated heterocycles. The molecule has 36 heavy (non-hydrogen) atoms. The van der Waals surface area contributed by atoms with Crippen molar-refractivity contribution in [3.05, 3.63) is 77.0 Å². The molecule has 0 spiro atoms. The minimum Gasteiger partial charge on any atom is -0.365 e. The van der Waals surface area contributed by atoms with Crippen molar-refractivity contribution in [2.45, 2.75) is 44.7 Å². The summed E-state index contributed by atoms with van der Waals surface area (Å²) < 4.78 is 23.3. The second-order valence-electron chi connectivity index (χ2n) is 9.53. The summed E-state index contributed by atoms with van der Waals surface area (Å²) in [4.78, 5) is 15.3. The standard InChI is InChI=1S/C26H28FN7O2/c1-32-22-8-3-2-7-20(22)25(30-32)26(35)28-19-9-11-33(12-10-19)14-21-23-16-36-24(15-34(23)31-29-21)17-5-4-6-18(27)13-17/h2-8,13,19,24H,9-12,14-16H2,1H3,(H,28,35). The van der Waals surface area contributed by atoms with Gasteiger partial charge in [0.15, 0.2) is 5.69 Å². The number of amides is 1. The smallest absolute Gasteiger partial charge is 0.272 e. The Morgan fingerprint density at radius 3 is 2.83 bits per heavy atom. The van der Waals surface area contributed by atoms with Gasteiger partial charge < -0.3 is 10.1 Å². The van der Waals surface area contributed by atoms with Crippen molar-refractivity contribution in [2.75, 3.05) is 13.1 Å². The number of carbonyl (C=O) groups is 1. The van der Waals surface area contributed by atoms with E-state index in [1.165, 1.54) is 12.1 Å². The summed E-state index contributed by atoms with van der Waals surface area (Å²) in [7, 11) is 1.85. The van der Waals surface area contributed by atoms with Gasteiger partial charge in [-0.15, -0.1) is 5.10 Å². The van der Waals surface area contributed by atoms with Crippen LogP contribution in [0.25, 0.3) is 10.9 Å². The Morgan fingerprint density at radius 1 is 1.17 bits per heavy atom. The lowest BCUT2D eigenvalue weighted by Crippen LogP contribution is -2.44. The van der Waals surface area contributed by atoms with Gasteiger partial charge in [0.05, 0.1) is 24.4 Å². The summed E-state index contributed by atoms with van der Waals surface area (Å²) in [6, 6.07) is 14.4. The van der Waals surface area contributed by atoms with Crippen molar-refractivity contribution in [2.24, 2.45) is 7.05 Å². The summed E-state index contributed by atoms with van der Waals surface area (Å²) in [5.74, 6) is -0.392. The molecule has 6 rings (SSSR count). The second kappa shape index (κ2) is 9.44. The van der Waals surface area contributed by atoms with E-state index < -0.39 is 0 Å². The van der Waals surface area contributed by atoms with Crippen LogP contribution in [0.3, 0.4) is 0 Å². The molecule has 0 bridgehead atoms. The Morgan fingerprint density at radius 2 is 2.00 bits per heavy atom. The highest BCUT2D eigenvalue weighted by molar-refractivity contribution is 6.04. The van der Waals surface area contributed by atoms with Gasteiger partial charge in [0.2, 0.25) is 0 Å². The minimum absolute atomic E-state index is 0.110. The molecule has 10 heteroatoms. The zero-order valence-corrected chi connectivity index (χ0v) is 20.1. The van der Waals surface area contributed by atoms with E-state index in [4.69, 9.17) is 4.74 Å². The van der Waals surface area contributed by atoms with Crippen LogP contribution < -0.4 is 5.32 Å². The van der Waals surface area contributed by atoms with Crippen molar-refractivity contribution in [3.63, 3.8) is 0 Å². The maximum Gasteiger partial charge on any atom is 0.272 e. The minimum atomic E-state index is -0.269. The number of para-hydroxylation sites is 1. The Kier molecular flexibility index (Phi) is 5.98. The molecule has 2 aromatic heterocycles. The van der Waals surface area contributed by atoms with Crippen LogP contribution in [0.4, 0.5) is 4.39 Å². The SMILES string of the molecule is Cn1nc(C(=O)NC2CCN(Cc3nnn4c3COC(c3cccc(F)c3)C4)CC2)c2ccccc21. The molecule has 1 amide bonds. The molecule has 1 N–H and O–H groups in total. The lowest BCUT2D eigenvalue weighted by molar-refractivity contribution is -0.00232. The van der Waals surface area contributed by atoms with E-state index >= 15 is 0 Å². The van der Waals surface area contributed by atoms with Gasteiger partial charge in [0, 0.05) is 38.1 Å². The van der Waals surface area contributed by atoms with Gasteiger partial charge in [-0.2, -0.15) is 5.10 Å². The number of hydrogen-bond acceptors (Lipinski definition) is 6. The average Bonchev–Trinajstić information content (AvgIpc) is 3.46. The Labute approximate surface area is 207 Å². The van der Waals surface area contributed by atoms with Crippen LogP contribution in [-0.4, -0.2) is 54.7 Å². The van der Waals surface area contributed by atoms with Crippen LogP contribution in [0, 0.1) is 5.82 Å². The quantitative estimate of drug-likeness (QED) is 0.464. The van der Waals surface area contributed by atoms with Crippen LogP contribution in [-0.2, 0) is 31.5 Å². The predicted molar refractivity (Wildman–Crippen MR) is 130 cm³/mol. The maximum absolute atomic E-state index is 13.6. The molecule has 1 atom stereocenters. The van der Waals surface area contributed by atoms with Crippen molar-refractivity contribution in [3.8, 4) is 0 Å². The van der Waals surface area contributed by atoms with E-state index in [9.17, 15) is 9.18 Å². The molecular formula is C26H28FN7O2. The zero-order valence-electron chi connectivity index (χ0n) is 20.1. The summed E-state index contributed by atoms with van der Waals surface area (Å²) in [5.41, 5.74) is 4.11. The van der Waals surface area contributed by atoms with E-state index in [1.807, 2.05) is 42.1 Å². The molecule has 2 aliphatic rings. The molecule has 1 fully saturated rings. The van der Waals surface area contributed by atoms with E-state index in [0.29, 0.717) is 25.4 Å². The third-order valence-corrected chi connectivity index (χ3v) is 7.17. The normalized spacial score (nSPS) is 18.9. The monoisotopic (exact) mass is 489 g/mol. The fraction of sp³-hybridized carbons (Fsp3) is 0.385. The third kappa shape index (κ3) is 4.38. The summed E-state index contributed by atoms with van der Waals surface area (Å²) in [6.45, 7) is 3.31.